The number of aromatic nitrogens is 1. The van der Waals surface area contributed by atoms with Gasteiger partial charge in [0.15, 0.2) is 0 Å². The number of nitrogens with zero attached hydrogens (tertiary/aromatic N) is 1. The van der Waals surface area contributed by atoms with E-state index in [2.05, 4.69) is 0 Å². The molecule has 0 aliphatic heterocycles. The molecule has 1 aromatic carbocycles. The lowest BCUT2D eigenvalue weighted by Gasteiger charge is -2.14. The fourth-order valence-electron chi connectivity index (χ4n) is 2.47. The number of aliphatic hydroxyl groups is 1. The molecule has 1 N–H and O–H groups in total. The molecule has 0 saturated heterocycles. The molecule has 0 spiro atoms. The second-order valence-electron chi connectivity index (χ2n) is 4.81. The van der Waals surface area contributed by atoms with E-state index in [1.54, 1.807) is 6.07 Å². The number of aliphatic hydroxyl groups excluding tert-OH is 1. The Labute approximate surface area is 109 Å². The number of hydrogen-bond donors (Lipinski definition) is 1. The first kappa shape index (κ1) is 13.9. The zero-order valence-electron chi connectivity index (χ0n) is 10.8. The fourth-order valence-corrected chi connectivity index (χ4v) is 2.47. The Hall–Kier alpha value is -1.49. The van der Waals surface area contributed by atoms with Gasteiger partial charge in [-0.15, -0.1) is 0 Å². The fraction of sp³-hybridized carbons (Fsp3) is 0.429. The molecular weight excluding hydrogens is 255 g/mol. The molecule has 5 heteroatoms. The van der Waals surface area contributed by atoms with E-state index in [-0.39, 0.29) is 18.0 Å². The lowest BCUT2D eigenvalue weighted by molar-refractivity contribution is -0.136. The van der Waals surface area contributed by atoms with Gasteiger partial charge in [0.2, 0.25) is 0 Å². The average Bonchev–Trinajstić information content (AvgIpc) is 2.65. The van der Waals surface area contributed by atoms with E-state index in [4.69, 9.17) is 5.11 Å². The van der Waals surface area contributed by atoms with Crippen LogP contribution in [0, 0.1) is 0 Å². The Morgan fingerprint density at radius 2 is 1.95 bits per heavy atom. The van der Waals surface area contributed by atoms with Crippen LogP contribution in [0.25, 0.3) is 10.9 Å². The topological polar surface area (TPSA) is 25.2 Å². The van der Waals surface area contributed by atoms with Crippen molar-refractivity contribution in [2.24, 2.45) is 0 Å². The minimum absolute atomic E-state index is 0.0440. The first-order chi connectivity index (χ1) is 8.86. The lowest BCUT2D eigenvalue weighted by atomic mass is 10.1. The Morgan fingerprint density at radius 3 is 2.47 bits per heavy atom. The molecule has 0 unspecified atom stereocenters. The highest BCUT2D eigenvalue weighted by Gasteiger charge is 2.33. The number of hydrogen-bond acceptors (Lipinski definition) is 1. The van der Waals surface area contributed by atoms with Crippen molar-refractivity contribution in [1.29, 1.82) is 0 Å². The first-order valence-corrected chi connectivity index (χ1v) is 6.17. The maximum Gasteiger partial charge on any atom is 0.417 e. The summed E-state index contributed by atoms with van der Waals surface area (Å²) in [5.41, 5.74) is 0.668. The van der Waals surface area contributed by atoms with E-state index < -0.39 is 11.7 Å². The van der Waals surface area contributed by atoms with Gasteiger partial charge in [-0.2, -0.15) is 13.2 Å². The van der Waals surface area contributed by atoms with Gasteiger partial charge in [-0.3, -0.25) is 0 Å². The number of alkyl halides is 3. The molecule has 0 bridgehead atoms. The third-order valence-corrected chi connectivity index (χ3v) is 3.15. The standard InChI is InChI=1S/C14H16F3NO/c1-9(2)18-10(6-7-19)8-11-12(14(15,16)17)4-3-5-13(11)18/h3-5,8-9,19H,6-7H2,1-2H3. The summed E-state index contributed by atoms with van der Waals surface area (Å²) in [6.45, 7) is 3.76. The summed E-state index contributed by atoms with van der Waals surface area (Å²) in [5.74, 6) is 0. The predicted octanol–water partition coefficient (Wildman–Crippen LogP) is 3.78. The molecule has 0 aliphatic rings. The van der Waals surface area contributed by atoms with Crippen molar-refractivity contribution in [3.05, 3.63) is 35.5 Å². The van der Waals surface area contributed by atoms with Gasteiger partial charge in [0.1, 0.15) is 0 Å². The van der Waals surface area contributed by atoms with Crippen molar-refractivity contribution in [1.82, 2.24) is 4.57 Å². The molecule has 0 atom stereocenters. The molecule has 19 heavy (non-hydrogen) atoms. The first-order valence-electron chi connectivity index (χ1n) is 6.17. The SMILES string of the molecule is CC(C)n1c(CCO)cc2c(C(F)(F)F)cccc21. The third kappa shape index (κ3) is 2.47. The Kier molecular flexibility index (Phi) is 3.58. The normalized spacial score (nSPS) is 12.6. The molecule has 0 fully saturated rings. The van der Waals surface area contributed by atoms with Gasteiger partial charge in [0.05, 0.1) is 5.56 Å². The monoisotopic (exact) mass is 271 g/mol. The summed E-state index contributed by atoms with van der Waals surface area (Å²) in [4.78, 5) is 0. The summed E-state index contributed by atoms with van der Waals surface area (Å²) in [7, 11) is 0. The molecule has 2 nitrogen and oxygen atoms in total. The van der Waals surface area contributed by atoms with Crippen LogP contribution in [-0.4, -0.2) is 16.3 Å². The van der Waals surface area contributed by atoms with Crippen molar-refractivity contribution < 1.29 is 18.3 Å². The zero-order chi connectivity index (χ0) is 14.2. The summed E-state index contributed by atoms with van der Waals surface area (Å²) >= 11 is 0. The van der Waals surface area contributed by atoms with Gasteiger partial charge < -0.3 is 9.67 Å². The summed E-state index contributed by atoms with van der Waals surface area (Å²) < 4.78 is 40.8. The number of fused-ring (bicyclic) bond motifs is 1. The molecule has 2 aromatic rings. The molecule has 104 valence electrons. The van der Waals surface area contributed by atoms with Crippen LogP contribution < -0.4 is 0 Å². The van der Waals surface area contributed by atoms with E-state index in [9.17, 15) is 13.2 Å². The highest BCUT2D eigenvalue weighted by atomic mass is 19.4. The third-order valence-electron chi connectivity index (χ3n) is 3.15. The Balaban J connectivity index is 2.75. The van der Waals surface area contributed by atoms with Crippen molar-refractivity contribution in [2.45, 2.75) is 32.5 Å². The van der Waals surface area contributed by atoms with Crippen LogP contribution >= 0.6 is 0 Å². The molecule has 0 saturated carbocycles. The van der Waals surface area contributed by atoms with Gasteiger partial charge in [0, 0.05) is 35.7 Å². The molecule has 0 aliphatic carbocycles. The van der Waals surface area contributed by atoms with Crippen LogP contribution in [0.4, 0.5) is 13.2 Å². The maximum absolute atomic E-state index is 13.0. The minimum Gasteiger partial charge on any atom is -0.396 e. The Morgan fingerprint density at radius 1 is 1.26 bits per heavy atom. The number of rotatable bonds is 3. The molecule has 1 aromatic heterocycles. The highest BCUT2D eigenvalue weighted by molar-refractivity contribution is 5.85. The van der Waals surface area contributed by atoms with Crippen LogP contribution in [0.5, 0.6) is 0 Å². The lowest BCUT2D eigenvalue weighted by Crippen LogP contribution is -2.07. The summed E-state index contributed by atoms with van der Waals surface area (Å²) in [5, 5.41) is 9.25. The van der Waals surface area contributed by atoms with Crippen molar-refractivity contribution in [3.63, 3.8) is 0 Å². The summed E-state index contributed by atoms with van der Waals surface area (Å²) in [6.07, 6.45) is -4.01. The number of benzene rings is 1. The van der Waals surface area contributed by atoms with Crippen LogP contribution in [0.2, 0.25) is 0 Å². The second kappa shape index (κ2) is 4.89. The van der Waals surface area contributed by atoms with Gasteiger partial charge >= 0.3 is 6.18 Å². The van der Waals surface area contributed by atoms with Gasteiger partial charge in [-0.05, 0) is 32.0 Å². The molecular formula is C14H16F3NO. The summed E-state index contributed by atoms with van der Waals surface area (Å²) in [6, 6.07) is 5.78. The number of halogens is 3. The second-order valence-corrected chi connectivity index (χ2v) is 4.81. The van der Waals surface area contributed by atoms with E-state index in [1.807, 2.05) is 18.4 Å². The highest BCUT2D eigenvalue weighted by Crippen LogP contribution is 2.37. The molecule has 1 heterocycles. The predicted molar refractivity (Wildman–Crippen MR) is 68.1 cm³/mol. The van der Waals surface area contributed by atoms with E-state index in [1.165, 1.54) is 12.1 Å². The largest absolute Gasteiger partial charge is 0.417 e. The van der Waals surface area contributed by atoms with Crippen LogP contribution in [0.1, 0.15) is 31.1 Å². The van der Waals surface area contributed by atoms with Crippen molar-refractivity contribution in [3.8, 4) is 0 Å². The van der Waals surface area contributed by atoms with Gasteiger partial charge in [-0.25, -0.2) is 0 Å². The van der Waals surface area contributed by atoms with E-state index in [0.717, 1.165) is 11.8 Å². The van der Waals surface area contributed by atoms with Crippen molar-refractivity contribution in [2.75, 3.05) is 6.61 Å². The Bertz CT molecular complexity index is 584. The molecule has 2 rings (SSSR count). The smallest absolute Gasteiger partial charge is 0.396 e. The van der Waals surface area contributed by atoms with E-state index >= 15 is 0 Å². The van der Waals surface area contributed by atoms with Gasteiger partial charge in [0.25, 0.3) is 0 Å². The molecule has 0 radical (unpaired) electrons. The molecule has 0 amide bonds. The zero-order valence-corrected chi connectivity index (χ0v) is 10.8. The average molecular weight is 271 g/mol. The van der Waals surface area contributed by atoms with Crippen LogP contribution in [0.3, 0.4) is 0 Å². The van der Waals surface area contributed by atoms with Crippen LogP contribution in [-0.2, 0) is 12.6 Å². The minimum atomic E-state index is -4.36. The van der Waals surface area contributed by atoms with Crippen molar-refractivity contribution >= 4 is 10.9 Å². The quantitative estimate of drug-likeness (QED) is 0.903. The van der Waals surface area contributed by atoms with E-state index in [0.29, 0.717) is 11.9 Å². The van der Waals surface area contributed by atoms with Crippen LogP contribution in [0.15, 0.2) is 24.3 Å². The maximum atomic E-state index is 13.0. The van der Waals surface area contributed by atoms with Gasteiger partial charge in [-0.1, -0.05) is 6.07 Å².